The van der Waals surface area contributed by atoms with E-state index in [0.29, 0.717) is 17.7 Å². The minimum atomic E-state index is 0.119. The molecule has 1 amide bonds. The lowest BCUT2D eigenvalue weighted by Gasteiger charge is -2.28. The molecule has 144 valence electrons. The molecule has 2 aliphatic carbocycles. The Labute approximate surface area is 165 Å². The van der Waals surface area contributed by atoms with E-state index in [1.807, 2.05) is 13.0 Å². The first-order valence-corrected chi connectivity index (χ1v) is 11.1. The molecule has 2 aromatic rings. The summed E-state index contributed by atoms with van der Waals surface area (Å²) in [6.45, 7) is 4.23. The number of nitrogens with zero attached hydrogens (tertiary/aromatic N) is 1. The third-order valence-electron chi connectivity index (χ3n) is 6.34. The van der Waals surface area contributed by atoms with E-state index >= 15 is 0 Å². The van der Waals surface area contributed by atoms with Crippen LogP contribution in [-0.2, 0) is 11.2 Å². The molecule has 1 aromatic carbocycles. The molecule has 2 saturated carbocycles. The summed E-state index contributed by atoms with van der Waals surface area (Å²) in [6.07, 6.45) is 6.27. The number of rotatable bonds is 7. The zero-order valence-electron chi connectivity index (χ0n) is 16.2. The number of H-pyrrole nitrogens is 1. The maximum atomic E-state index is 12.4. The number of carbonyl (C=O) groups excluding carboxylic acids is 1. The summed E-state index contributed by atoms with van der Waals surface area (Å²) in [6, 6.07) is 10.7. The zero-order valence-corrected chi connectivity index (χ0v) is 17.0. The first-order valence-electron chi connectivity index (χ1n) is 10.1. The van der Waals surface area contributed by atoms with Crippen LogP contribution in [0.1, 0.15) is 49.6 Å². The van der Waals surface area contributed by atoms with E-state index in [-0.39, 0.29) is 5.91 Å². The van der Waals surface area contributed by atoms with Crippen molar-refractivity contribution in [1.82, 2.24) is 15.3 Å². The van der Waals surface area contributed by atoms with Gasteiger partial charge in [-0.25, -0.2) is 4.98 Å². The third-order valence-corrected chi connectivity index (χ3v) is 7.22. The average Bonchev–Trinajstić information content (AvgIpc) is 3.37. The minimum Gasteiger partial charge on any atom is -0.353 e. The second kappa shape index (κ2) is 8.09. The summed E-state index contributed by atoms with van der Waals surface area (Å²) in [4.78, 5) is 20.4. The van der Waals surface area contributed by atoms with Gasteiger partial charge in [-0.2, -0.15) is 0 Å². The Kier molecular flexibility index (Phi) is 5.58. The Balaban J connectivity index is 1.27. The zero-order chi connectivity index (χ0) is 18.8. The van der Waals surface area contributed by atoms with Crippen LogP contribution in [0.15, 0.2) is 35.5 Å². The summed E-state index contributed by atoms with van der Waals surface area (Å²) < 4.78 is 0. The summed E-state index contributed by atoms with van der Waals surface area (Å²) >= 11 is 1.50. The third kappa shape index (κ3) is 4.40. The van der Waals surface area contributed by atoms with Crippen LogP contribution < -0.4 is 5.32 Å². The molecule has 0 saturated heterocycles. The number of aryl methyl sites for hydroxylation is 1. The lowest BCUT2D eigenvalue weighted by Crippen LogP contribution is -2.40. The fraction of sp³-hybridized carbons (Fsp3) is 0.545. The maximum absolute atomic E-state index is 12.4. The van der Waals surface area contributed by atoms with Crippen LogP contribution in [0.3, 0.4) is 0 Å². The first kappa shape index (κ1) is 18.6. The second-order valence-electron chi connectivity index (χ2n) is 8.26. The largest absolute Gasteiger partial charge is 0.353 e. The SMILES string of the molecule is Cc1[nH]c(SCC(=O)NC(C)C2CC3CCC2C3)nc1Cc1ccccc1. The molecule has 2 N–H and O–H groups in total. The minimum absolute atomic E-state index is 0.119. The second-order valence-corrected chi connectivity index (χ2v) is 9.22. The number of hydrogen-bond donors (Lipinski definition) is 2. The molecular formula is C22H29N3OS. The number of aromatic nitrogens is 2. The van der Waals surface area contributed by atoms with Crippen molar-refractivity contribution >= 4 is 17.7 Å². The van der Waals surface area contributed by atoms with Gasteiger partial charge in [-0.15, -0.1) is 0 Å². The summed E-state index contributed by atoms with van der Waals surface area (Å²) in [5, 5.41) is 4.07. The van der Waals surface area contributed by atoms with Gasteiger partial charge in [0, 0.05) is 18.2 Å². The molecule has 27 heavy (non-hydrogen) atoms. The molecular weight excluding hydrogens is 354 g/mol. The predicted molar refractivity (Wildman–Crippen MR) is 110 cm³/mol. The van der Waals surface area contributed by atoms with Crippen molar-refractivity contribution in [3.8, 4) is 0 Å². The van der Waals surface area contributed by atoms with Crippen LogP contribution in [0.2, 0.25) is 0 Å². The van der Waals surface area contributed by atoms with E-state index in [2.05, 4.69) is 41.5 Å². The smallest absolute Gasteiger partial charge is 0.230 e. The van der Waals surface area contributed by atoms with Gasteiger partial charge in [0.1, 0.15) is 0 Å². The van der Waals surface area contributed by atoms with Gasteiger partial charge >= 0.3 is 0 Å². The molecule has 2 aliphatic rings. The average molecular weight is 384 g/mol. The fourth-order valence-corrected chi connectivity index (χ4v) is 5.69. The summed E-state index contributed by atoms with van der Waals surface area (Å²) in [7, 11) is 0. The molecule has 2 fully saturated rings. The molecule has 0 spiro atoms. The van der Waals surface area contributed by atoms with Gasteiger partial charge in [-0.3, -0.25) is 4.79 Å². The Morgan fingerprint density at radius 1 is 1.30 bits per heavy atom. The van der Waals surface area contributed by atoms with Crippen molar-refractivity contribution in [3.63, 3.8) is 0 Å². The molecule has 5 heteroatoms. The van der Waals surface area contributed by atoms with Crippen molar-refractivity contribution in [1.29, 1.82) is 0 Å². The first-order chi connectivity index (χ1) is 13.1. The van der Waals surface area contributed by atoms with Crippen LogP contribution in [0.5, 0.6) is 0 Å². The lowest BCUT2D eigenvalue weighted by atomic mass is 9.84. The van der Waals surface area contributed by atoms with Crippen molar-refractivity contribution < 1.29 is 4.79 Å². The van der Waals surface area contributed by atoms with Crippen LogP contribution in [0.25, 0.3) is 0 Å². The maximum Gasteiger partial charge on any atom is 0.230 e. The number of nitrogens with one attached hydrogen (secondary N) is 2. The monoisotopic (exact) mass is 383 g/mol. The number of imidazole rings is 1. The standard InChI is InChI=1S/C22H29N3OS/c1-14(19-11-17-8-9-18(19)10-17)23-21(26)13-27-22-24-15(2)20(25-22)12-16-6-4-3-5-7-16/h3-7,14,17-19H,8-13H2,1-2H3,(H,23,26)(H,24,25). The van der Waals surface area contributed by atoms with Crippen LogP contribution in [0.4, 0.5) is 0 Å². The molecule has 1 heterocycles. The number of thioether (sulfide) groups is 1. The molecule has 0 radical (unpaired) electrons. The topological polar surface area (TPSA) is 57.8 Å². The van der Waals surface area contributed by atoms with E-state index in [9.17, 15) is 4.79 Å². The highest BCUT2D eigenvalue weighted by Crippen LogP contribution is 2.49. The van der Waals surface area contributed by atoms with Crippen molar-refractivity contribution in [2.45, 2.75) is 57.1 Å². The van der Waals surface area contributed by atoms with E-state index in [4.69, 9.17) is 4.98 Å². The summed E-state index contributed by atoms with van der Waals surface area (Å²) in [5.74, 6) is 2.98. The molecule has 1 aromatic heterocycles. The molecule has 2 bridgehead atoms. The van der Waals surface area contributed by atoms with Gasteiger partial charge < -0.3 is 10.3 Å². The van der Waals surface area contributed by atoms with Gasteiger partial charge in [-0.1, -0.05) is 48.5 Å². The van der Waals surface area contributed by atoms with Gasteiger partial charge in [0.25, 0.3) is 0 Å². The number of aromatic amines is 1. The fourth-order valence-electron chi connectivity index (χ4n) is 4.94. The van der Waals surface area contributed by atoms with Gasteiger partial charge in [0.2, 0.25) is 5.91 Å². The predicted octanol–water partition coefficient (Wildman–Crippen LogP) is 4.34. The van der Waals surface area contributed by atoms with Crippen LogP contribution in [-0.4, -0.2) is 27.7 Å². The quantitative estimate of drug-likeness (QED) is 0.699. The number of benzene rings is 1. The molecule has 4 atom stereocenters. The summed E-state index contributed by atoms with van der Waals surface area (Å²) in [5.41, 5.74) is 3.39. The number of hydrogen-bond acceptors (Lipinski definition) is 3. The molecule has 4 nitrogen and oxygen atoms in total. The van der Waals surface area contributed by atoms with E-state index in [0.717, 1.165) is 34.8 Å². The number of carbonyl (C=O) groups is 1. The van der Waals surface area contributed by atoms with E-state index in [1.165, 1.54) is 43.0 Å². The molecule has 4 unspecified atom stereocenters. The highest BCUT2D eigenvalue weighted by atomic mass is 32.2. The Morgan fingerprint density at radius 3 is 2.81 bits per heavy atom. The lowest BCUT2D eigenvalue weighted by molar-refractivity contribution is -0.119. The Hall–Kier alpha value is -1.75. The highest BCUT2D eigenvalue weighted by Gasteiger charge is 2.42. The Morgan fingerprint density at radius 2 is 2.11 bits per heavy atom. The van der Waals surface area contributed by atoms with Gasteiger partial charge in [0.05, 0.1) is 11.4 Å². The van der Waals surface area contributed by atoms with E-state index < -0.39 is 0 Å². The molecule has 0 aliphatic heterocycles. The number of amides is 1. The Bertz CT molecular complexity index is 788. The van der Waals surface area contributed by atoms with Gasteiger partial charge in [-0.05, 0) is 56.4 Å². The van der Waals surface area contributed by atoms with Gasteiger partial charge in [0.15, 0.2) is 5.16 Å². The van der Waals surface area contributed by atoms with Crippen molar-refractivity contribution in [2.75, 3.05) is 5.75 Å². The molecule has 4 rings (SSSR count). The number of fused-ring (bicyclic) bond motifs is 2. The van der Waals surface area contributed by atoms with Crippen LogP contribution >= 0.6 is 11.8 Å². The highest BCUT2D eigenvalue weighted by molar-refractivity contribution is 7.99. The van der Waals surface area contributed by atoms with E-state index in [1.54, 1.807) is 0 Å². The van der Waals surface area contributed by atoms with Crippen molar-refractivity contribution in [3.05, 3.63) is 47.3 Å². The van der Waals surface area contributed by atoms with Crippen molar-refractivity contribution in [2.24, 2.45) is 17.8 Å². The van der Waals surface area contributed by atoms with Crippen LogP contribution in [0, 0.1) is 24.7 Å². The normalized spacial score (nSPS) is 24.9.